The molecule has 0 unspecified atom stereocenters. The van der Waals surface area contributed by atoms with Gasteiger partial charge in [0.2, 0.25) is 0 Å². The van der Waals surface area contributed by atoms with Gasteiger partial charge < -0.3 is 9.84 Å². The highest BCUT2D eigenvalue weighted by molar-refractivity contribution is 6.07. The van der Waals surface area contributed by atoms with Crippen molar-refractivity contribution < 1.29 is 19.4 Å². The molecule has 0 heterocycles. The molecule has 4 heteroatoms. The Bertz CT molecular complexity index is 866. The molecule has 33 heavy (non-hydrogen) atoms. The summed E-state index contributed by atoms with van der Waals surface area (Å²) in [4.78, 5) is 24.4. The number of ether oxygens (including phenoxy) is 1. The van der Waals surface area contributed by atoms with Crippen LogP contribution in [0.15, 0.2) is 54.6 Å². The molecule has 4 nitrogen and oxygen atoms in total. The van der Waals surface area contributed by atoms with E-state index in [1.165, 1.54) is 19.3 Å². The lowest BCUT2D eigenvalue weighted by Crippen LogP contribution is -2.12. The minimum absolute atomic E-state index is 0.203. The van der Waals surface area contributed by atoms with Gasteiger partial charge in [0.1, 0.15) is 0 Å². The Labute approximate surface area is 199 Å². The fraction of sp³-hybridized carbons (Fsp3) is 0.517. The molecular formula is C29H40O4. The highest BCUT2D eigenvalue weighted by atomic mass is 16.6. The van der Waals surface area contributed by atoms with Crippen molar-refractivity contribution >= 4 is 22.7 Å². The standard InChI is InChI=1S/C29H40O4/c1-2-3-4-11-19-25(30)20-12-9-7-5-6-8-10-13-23-28(31)33-29(32)27-22-16-18-24-17-14-15-21-26(24)27/h9,12,14-18,21-22,25,30H,2-8,10-11,13,19-20,23H2,1H3/b12-9-/t25-/m1/s1. The van der Waals surface area contributed by atoms with Crippen molar-refractivity contribution in [3.8, 4) is 0 Å². The molecule has 0 saturated heterocycles. The van der Waals surface area contributed by atoms with Crippen LogP contribution in [0.3, 0.4) is 0 Å². The summed E-state index contributed by atoms with van der Waals surface area (Å²) >= 11 is 0. The molecule has 2 aromatic rings. The van der Waals surface area contributed by atoms with Gasteiger partial charge in [0.25, 0.3) is 0 Å². The number of aliphatic hydroxyl groups excluding tert-OH is 1. The average Bonchev–Trinajstić information content (AvgIpc) is 2.82. The van der Waals surface area contributed by atoms with Crippen molar-refractivity contribution in [3.05, 3.63) is 60.2 Å². The van der Waals surface area contributed by atoms with E-state index in [1.807, 2.05) is 30.3 Å². The number of unbranched alkanes of at least 4 members (excludes halogenated alkanes) is 8. The average molecular weight is 453 g/mol. The summed E-state index contributed by atoms with van der Waals surface area (Å²) in [5.74, 6) is -1.03. The summed E-state index contributed by atoms with van der Waals surface area (Å²) in [5.41, 5.74) is 0.429. The van der Waals surface area contributed by atoms with E-state index in [0.29, 0.717) is 5.56 Å². The van der Waals surface area contributed by atoms with E-state index in [0.717, 1.165) is 68.6 Å². The zero-order valence-corrected chi connectivity index (χ0v) is 20.1. The largest absolute Gasteiger partial charge is 0.393 e. The quantitative estimate of drug-likeness (QED) is 0.124. The predicted octanol–water partition coefficient (Wildman–Crippen LogP) is 7.53. The summed E-state index contributed by atoms with van der Waals surface area (Å²) < 4.78 is 5.06. The molecule has 1 N–H and O–H groups in total. The minimum atomic E-state index is -0.574. The number of hydrogen-bond donors (Lipinski definition) is 1. The van der Waals surface area contributed by atoms with Crippen LogP contribution in [0.4, 0.5) is 0 Å². The maximum atomic E-state index is 12.4. The van der Waals surface area contributed by atoms with Crippen molar-refractivity contribution in [1.82, 2.24) is 0 Å². The highest BCUT2D eigenvalue weighted by Gasteiger charge is 2.15. The molecule has 0 aromatic heterocycles. The molecule has 0 radical (unpaired) electrons. The van der Waals surface area contributed by atoms with Gasteiger partial charge >= 0.3 is 11.9 Å². The van der Waals surface area contributed by atoms with E-state index in [2.05, 4.69) is 19.1 Å². The number of esters is 2. The van der Waals surface area contributed by atoms with Crippen molar-refractivity contribution in [2.24, 2.45) is 0 Å². The second-order valence-electron chi connectivity index (χ2n) is 8.80. The van der Waals surface area contributed by atoms with Gasteiger partial charge in [0.05, 0.1) is 11.7 Å². The predicted molar refractivity (Wildman–Crippen MR) is 135 cm³/mol. The molecule has 0 saturated carbocycles. The summed E-state index contributed by atoms with van der Waals surface area (Å²) in [7, 11) is 0. The third-order valence-electron chi connectivity index (χ3n) is 5.93. The van der Waals surface area contributed by atoms with Crippen LogP contribution in [0.5, 0.6) is 0 Å². The van der Waals surface area contributed by atoms with Crippen LogP contribution in [0.2, 0.25) is 0 Å². The molecule has 180 valence electrons. The first-order valence-corrected chi connectivity index (χ1v) is 12.7. The number of fused-ring (bicyclic) bond motifs is 1. The van der Waals surface area contributed by atoms with Crippen LogP contribution >= 0.6 is 0 Å². The van der Waals surface area contributed by atoms with Gasteiger partial charge in [-0.1, -0.05) is 100 Å². The van der Waals surface area contributed by atoms with Crippen LogP contribution in [-0.4, -0.2) is 23.1 Å². The smallest absolute Gasteiger partial charge is 0.346 e. The van der Waals surface area contributed by atoms with E-state index < -0.39 is 11.9 Å². The van der Waals surface area contributed by atoms with Gasteiger partial charge in [-0.3, -0.25) is 4.79 Å². The Hall–Kier alpha value is -2.46. The summed E-state index contributed by atoms with van der Waals surface area (Å²) in [6.45, 7) is 2.20. The lowest BCUT2D eigenvalue weighted by atomic mass is 10.0. The number of carbonyl (C=O) groups is 2. The van der Waals surface area contributed by atoms with Crippen molar-refractivity contribution in [2.75, 3.05) is 0 Å². The highest BCUT2D eigenvalue weighted by Crippen LogP contribution is 2.19. The Kier molecular flexibility index (Phi) is 13.2. The van der Waals surface area contributed by atoms with E-state index in [-0.39, 0.29) is 12.5 Å². The molecule has 0 spiro atoms. The first-order chi connectivity index (χ1) is 16.1. The summed E-state index contributed by atoms with van der Waals surface area (Å²) in [6, 6.07) is 13.0. The zero-order valence-electron chi connectivity index (χ0n) is 20.1. The normalized spacial score (nSPS) is 12.3. The van der Waals surface area contributed by atoms with E-state index >= 15 is 0 Å². The molecule has 0 bridgehead atoms. The number of rotatable bonds is 16. The Morgan fingerprint density at radius 1 is 0.879 bits per heavy atom. The van der Waals surface area contributed by atoms with E-state index in [4.69, 9.17) is 4.74 Å². The second kappa shape index (κ2) is 16.2. The molecule has 0 fully saturated rings. The molecule has 0 aliphatic heterocycles. The summed E-state index contributed by atoms with van der Waals surface area (Å²) in [6.07, 6.45) is 16.9. The van der Waals surface area contributed by atoms with Crippen LogP contribution in [0.1, 0.15) is 101 Å². The maximum Gasteiger partial charge on any atom is 0.346 e. The molecule has 0 aliphatic rings. The minimum Gasteiger partial charge on any atom is -0.393 e. The van der Waals surface area contributed by atoms with Crippen molar-refractivity contribution in [2.45, 2.75) is 96.5 Å². The Balaban J connectivity index is 1.50. The van der Waals surface area contributed by atoms with E-state index in [1.54, 1.807) is 12.1 Å². The third kappa shape index (κ3) is 10.8. The Morgan fingerprint density at radius 2 is 1.61 bits per heavy atom. The zero-order chi connectivity index (χ0) is 23.7. The fourth-order valence-electron chi connectivity index (χ4n) is 3.97. The van der Waals surface area contributed by atoms with Gasteiger partial charge in [-0.05, 0) is 48.9 Å². The van der Waals surface area contributed by atoms with Crippen LogP contribution in [-0.2, 0) is 9.53 Å². The van der Waals surface area contributed by atoms with Crippen molar-refractivity contribution in [3.63, 3.8) is 0 Å². The van der Waals surface area contributed by atoms with Gasteiger partial charge in [-0.2, -0.15) is 0 Å². The maximum absolute atomic E-state index is 12.4. The summed E-state index contributed by atoms with van der Waals surface area (Å²) in [5, 5.41) is 11.7. The molecule has 2 aromatic carbocycles. The number of hydrogen-bond acceptors (Lipinski definition) is 4. The number of aliphatic hydroxyl groups is 1. The topological polar surface area (TPSA) is 63.6 Å². The monoisotopic (exact) mass is 452 g/mol. The third-order valence-corrected chi connectivity index (χ3v) is 5.93. The molecule has 0 amide bonds. The number of carbonyl (C=O) groups excluding carboxylic acids is 2. The second-order valence-corrected chi connectivity index (χ2v) is 8.80. The van der Waals surface area contributed by atoms with Crippen LogP contribution < -0.4 is 0 Å². The SMILES string of the molecule is CCCCCC[C@@H](O)C/C=C\CCCCCCCC(=O)OC(=O)c1cccc2ccccc12. The molecule has 0 aliphatic carbocycles. The van der Waals surface area contributed by atoms with Gasteiger partial charge in [-0.25, -0.2) is 4.79 Å². The lowest BCUT2D eigenvalue weighted by Gasteiger charge is -2.07. The Morgan fingerprint density at radius 3 is 2.45 bits per heavy atom. The van der Waals surface area contributed by atoms with Gasteiger partial charge in [0.15, 0.2) is 0 Å². The number of benzene rings is 2. The molecular weight excluding hydrogens is 412 g/mol. The first kappa shape index (κ1) is 26.8. The van der Waals surface area contributed by atoms with Gasteiger partial charge in [0, 0.05) is 6.42 Å². The van der Waals surface area contributed by atoms with Crippen LogP contribution in [0.25, 0.3) is 10.8 Å². The fourth-order valence-corrected chi connectivity index (χ4v) is 3.97. The van der Waals surface area contributed by atoms with E-state index in [9.17, 15) is 14.7 Å². The molecule has 2 rings (SSSR count). The van der Waals surface area contributed by atoms with Gasteiger partial charge in [-0.15, -0.1) is 0 Å². The lowest BCUT2D eigenvalue weighted by molar-refractivity contribution is -0.138. The molecule has 1 atom stereocenters. The first-order valence-electron chi connectivity index (χ1n) is 12.7. The van der Waals surface area contributed by atoms with Crippen molar-refractivity contribution in [1.29, 1.82) is 0 Å². The van der Waals surface area contributed by atoms with Crippen LogP contribution in [0, 0.1) is 0 Å². The number of allylic oxidation sites excluding steroid dienone is 1.